The summed E-state index contributed by atoms with van der Waals surface area (Å²) >= 11 is 0. The summed E-state index contributed by atoms with van der Waals surface area (Å²) in [5.74, 6) is 0.235. The number of piperidine rings is 1. The smallest absolute Gasteiger partial charge is 0.236 e. The number of sulfonamides is 1. The maximum absolute atomic E-state index is 11.6. The van der Waals surface area contributed by atoms with E-state index in [4.69, 9.17) is 0 Å². The summed E-state index contributed by atoms with van der Waals surface area (Å²) in [4.78, 5) is 15.4. The predicted molar refractivity (Wildman–Crippen MR) is 83.6 cm³/mol. The van der Waals surface area contributed by atoms with Crippen molar-refractivity contribution in [1.29, 1.82) is 0 Å². The monoisotopic (exact) mass is 320 g/mol. The zero-order chi connectivity index (χ0) is 15.9. The Kier molecular flexibility index (Phi) is 7.58. The molecule has 0 aromatic rings. The normalized spacial score (nSPS) is 17.9. The van der Waals surface area contributed by atoms with Gasteiger partial charge in [0.2, 0.25) is 15.9 Å². The Morgan fingerprint density at radius 2 is 1.90 bits per heavy atom. The minimum absolute atomic E-state index is 0.111. The highest BCUT2D eigenvalue weighted by atomic mass is 32.2. The topological polar surface area (TPSA) is 81.8 Å². The molecule has 7 nitrogen and oxygen atoms in total. The summed E-state index contributed by atoms with van der Waals surface area (Å²) < 4.78 is 25.5. The van der Waals surface area contributed by atoms with Crippen molar-refractivity contribution in [2.45, 2.75) is 25.8 Å². The molecular weight excluding hydrogens is 292 g/mol. The summed E-state index contributed by atoms with van der Waals surface area (Å²) in [5.41, 5.74) is 0. The molecule has 0 saturated carbocycles. The van der Waals surface area contributed by atoms with Gasteiger partial charge in [0.25, 0.3) is 0 Å². The van der Waals surface area contributed by atoms with Gasteiger partial charge in [-0.1, -0.05) is 6.92 Å². The van der Waals surface area contributed by atoms with Gasteiger partial charge in [0.15, 0.2) is 0 Å². The maximum Gasteiger partial charge on any atom is 0.236 e. The first-order chi connectivity index (χ1) is 9.84. The second-order valence-corrected chi connectivity index (χ2v) is 7.54. The number of hydrogen-bond donors (Lipinski definition) is 2. The third-order valence-electron chi connectivity index (χ3n) is 3.61. The van der Waals surface area contributed by atoms with Crippen molar-refractivity contribution >= 4 is 15.9 Å². The number of likely N-dealkylation sites (tertiary alicyclic amines) is 1. The number of hydrogen-bond acceptors (Lipinski definition) is 5. The molecule has 0 aromatic heterocycles. The van der Waals surface area contributed by atoms with Crippen LogP contribution < -0.4 is 10.0 Å². The highest BCUT2D eigenvalue weighted by Crippen LogP contribution is 2.10. The average molecular weight is 320 g/mol. The number of likely N-dealkylation sites (N-methyl/N-ethyl adjacent to an activating group) is 1. The maximum atomic E-state index is 11.6. The number of carbonyl (C=O) groups excluding carboxylic acids is 1. The summed E-state index contributed by atoms with van der Waals surface area (Å²) in [7, 11) is 0.389. The van der Waals surface area contributed by atoms with E-state index in [9.17, 15) is 13.2 Å². The molecule has 0 bridgehead atoms. The van der Waals surface area contributed by atoms with Gasteiger partial charge in [0.05, 0.1) is 12.3 Å². The second kappa shape index (κ2) is 8.67. The van der Waals surface area contributed by atoms with Gasteiger partial charge in [-0.05, 0) is 12.8 Å². The Labute approximate surface area is 128 Å². The van der Waals surface area contributed by atoms with Crippen LogP contribution in [0.5, 0.6) is 0 Å². The Bertz CT molecular complexity index is 417. The van der Waals surface area contributed by atoms with Crippen LogP contribution in [0.3, 0.4) is 0 Å². The summed E-state index contributed by atoms with van der Waals surface area (Å²) in [6.45, 7) is 4.88. The number of amides is 1. The van der Waals surface area contributed by atoms with Crippen molar-refractivity contribution in [3.8, 4) is 0 Å². The quantitative estimate of drug-likeness (QED) is 0.604. The molecule has 2 N–H and O–H groups in total. The number of carbonyl (C=O) groups is 1. The van der Waals surface area contributed by atoms with Gasteiger partial charge < -0.3 is 10.2 Å². The Hall–Kier alpha value is -0.700. The van der Waals surface area contributed by atoms with Crippen molar-refractivity contribution in [2.75, 3.05) is 52.6 Å². The number of rotatable bonds is 8. The highest BCUT2D eigenvalue weighted by Gasteiger charge is 2.21. The molecule has 1 saturated heterocycles. The summed E-state index contributed by atoms with van der Waals surface area (Å²) in [6, 6.07) is 0.340. The molecule has 8 heteroatoms. The molecular formula is C13H28N4O3S. The summed E-state index contributed by atoms with van der Waals surface area (Å²) in [6.07, 6.45) is 1.89. The third-order valence-corrected chi connectivity index (χ3v) is 5.08. The zero-order valence-corrected chi connectivity index (χ0v) is 14.1. The lowest BCUT2D eigenvalue weighted by Crippen LogP contribution is -2.46. The molecule has 1 heterocycles. The molecule has 1 amide bonds. The van der Waals surface area contributed by atoms with Gasteiger partial charge in [-0.15, -0.1) is 0 Å². The van der Waals surface area contributed by atoms with Gasteiger partial charge in [-0.2, -0.15) is 0 Å². The number of nitrogens with zero attached hydrogens (tertiary/aromatic N) is 2. The van der Waals surface area contributed by atoms with E-state index < -0.39 is 10.0 Å². The largest absolute Gasteiger partial charge is 0.348 e. The predicted octanol–water partition coefficient (Wildman–Crippen LogP) is -0.932. The SMILES string of the molecule is CCNS(=O)(=O)CCNC1CCN(CC(=O)N(C)C)CC1. The van der Waals surface area contributed by atoms with Crippen molar-refractivity contribution in [2.24, 2.45) is 0 Å². The lowest BCUT2D eigenvalue weighted by atomic mass is 10.1. The fourth-order valence-electron chi connectivity index (χ4n) is 2.32. The summed E-state index contributed by atoms with van der Waals surface area (Å²) in [5, 5.41) is 3.29. The van der Waals surface area contributed by atoms with Crippen LogP contribution in [0.1, 0.15) is 19.8 Å². The van der Waals surface area contributed by atoms with Crippen LogP contribution in [0.2, 0.25) is 0 Å². The van der Waals surface area contributed by atoms with Gasteiger partial charge in [0, 0.05) is 46.3 Å². The van der Waals surface area contributed by atoms with E-state index in [-0.39, 0.29) is 11.7 Å². The van der Waals surface area contributed by atoms with Gasteiger partial charge in [0.1, 0.15) is 0 Å². The Morgan fingerprint density at radius 1 is 1.29 bits per heavy atom. The van der Waals surface area contributed by atoms with Gasteiger partial charge in [-0.25, -0.2) is 13.1 Å². The van der Waals surface area contributed by atoms with Crippen molar-refractivity contribution < 1.29 is 13.2 Å². The molecule has 0 aromatic carbocycles. The molecule has 0 aliphatic carbocycles. The van der Waals surface area contributed by atoms with E-state index in [0.717, 1.165) is 25.9 Å². The minimum Gasteiger partial charge on any atom is -0.348 e. The van der Waals surface area contributed by atoms with E-state index in [1.165, 1.54) is 0 Å². The fraction of sp³-hybridized carbons (Fsp3) is 0.923. The number of nitrogens with one attached hydrogen (secondary N) is 2. The van der Waals surface area contributed by atoms with Crippen LogP contribution >= 0.6 is 0 Å². The van der Waals surface area contributed by atoms with Crippen molar-refractivity contribution in [1.82, 2.24) is 19.8 Å². The lowest BCUT2D eigenvalue weighted by Gasteiger charge is -2.32. The third kappa shape index (κ3) is 7.21. The minimum atomic E-state index is -3.14. The van der Waals surface area contributed by atoms with Crippen LogP contribution in [0.4, 0.5) is 0 Å². The van der Waals surface area contributed by atoms with Crippen molar-refractivity contribution in [3.63, 3.8) is 0 Å². The van der Waals surface area contributed by atoms with Crippen molar-refractivity contribution in [3.05, 3.63) is 0 Å². The molecule has 0 unspecified atom stereocenters. The van der Waals surface area contributed by atoms with Crippen LogP contribution in [0.15, 0.2) is 0 Å². The Balaban J connectivity index is 2.20. The fourth-order valence-corrected chi connectivity index (χ4v) is 3.29. The molecule has 124 valence electrons. The molecule has 0 spiro atoms. The van der Waals surface area contributed by atoms with Gasteiger partial charge in [-0.3, -0.25) is 9.69 Å². The average Bonchev–Trinajstić information content (AvgIpc) is 2.40. The molecule has 1 fully saturated rings. The van der Waals surface area contributed by atoms with E-state index >= 15 is 0 Å². The van der Waals surface area contributed by atoms with E-state index in [0.29, 0.717) is 25.7 Å². The first-order valence-electron chi connectivity index (χ1n) is 7.47. The van der Waals surface area contributed by atoms with E-state index in [1.54, 1.807) is 25.9 Å². The first kappa shape index (κ1) is 18.3. The van der Waals surface area contributed by atoms with Crippen LogP contribution in [0.25, 0.3) is 0 Å². The molecule has 21 heavy (non-hydrogen) atoms. The zero-order valence-electron chi connectivity index (χ0n) is 13.3. The molecule has 0 atom stereocenters. The van der Waals surface area contributed by atoms with Crippen LogP contribution in [-0.2, 0) is 14.8 Å². The first-order valence-corrected chi connectivity index (χ1v) is 9.12. The molecule has 1 aliphatic rings. The van der Waals surface area contributed by atoms with Gasteiger partial charge >= 0.3 is 0 Å². The lowest BCUT2D eigenvalue weighted by molar-refractivity contribution is -0.130. The molecule has 1 rings (SSSR count). The molecule has 0 radical (unpaired) electrons. The van der Waals surface area contributed by atoms with Crippen LogP contribution in [0, 0.1) is 0 Å². The highest BCUT2D eigenvalue weighted by molar-refractivity contribution is 7.89. The van der Waals surface area contributed by atoms with E-state index in [2.05, 4.69) is 14.9 Å². The standard InChI is InChI=1S/C13H28N4O3S/c1-4-15-21(19,20)10-7-14-12-5-8-17(9-6-12)11-13(18)16(2)3/h12,14-15H,4-11H2,1-3H3. The van der Waals surface area contributed by atoms with Crippen LogP contribution in [-0.4, -0.2) is 82.7 Å². The molecule has 1 aliphatic heterocycles. The van der Waals surface area contributed by atoms with E-state index in [1.807, 2.05) is 0 Å². The second-order valence-electron chi connectivity index (χ2n) is 5.61. The Morgan fingerprint density at radius 3 is 2.43 bits per heavy atom.